The van der Waals surface area contributed by atoms with E-state index < -0.39 is 8.32 Å². The van der Waals surface area contributed by atoms with Gasteiger partial charge in [-0.2, -0.15) is 0 Å². The van der Waals surface area contributed by atoms with E-state index in [0.29, 0.717) is 6.61 Å². The summed E-state index contributed by atoms with van der Waals surface area (Å²) in [6.07, 6.45) is 6.26. The van der Waals surface area contributed by atoms with Crippen LogP contribution in [0.4, 0.5) is 0 Å². The predicted molar refractivity (Wildman–Crippen MR) is 91.2 cm³/mol. The second-order valence-electron chi connectivity index (χ2n) is 6.51. The molecule has 20 heavy (non-hydrogen) atoms. The Morgan fingerprint density at radius 3 is 1.65 bits per heavy atom. The fourth-order valence-electron chi connectivity index (χ4n) is 1.52. The first-order valence-electron chi connectivity index (χ1n) is 7.46. The summed E-state index contributed by atoms with van der Waals surface area (Å²) in [5.41, 5.74) is 3.88. The standard InChI is InChI=1S/C17H32O2Si/c1-9-18-17(19-20(6,7)8)16(12-10-14(2)3)13-11-15(4)5/h10-11H,9,12-13H2,1-8H3. The highest BCUT2D eigenvalue weighted by molar-refractivity contribution is 6.70. The molecule has 0 bridgehead atoms. The molecule has 0 amide bonds. The van der Waals surface area contributed by atoms with Gasteiger partial charge < -0.3 is 9.16 Å². The molecule has 0 atom stereocenters. The molecule has 116 valence electrons. The molecular formula is C17H32O2Si. The van der Waals surface area contributed by atoms with Crippen molar-refractivity contribution in [2.24, 2.45) is 0 Å². The maximum Gasteiger partial charge on any atom is 0.265 e. The molecule has 0 fully saturated rings. The van der Waals surface area contributed by atoms with E-state index in [1.54, 1.807) is 0 Å². The molecule has 0 aliphatic rings. The van der Waals surface area contributed by atoms with Gasteiger partial charge in [-0.25, -0.2) is 0 Å². The van der Waals surface area contributed by atoms with Gasteiger partial charge in [-0.05, 0) is 67.1 Å². The molecule has 0 radical (unpaired) electrons. The van der Waals surface area contributed by atoms with Gasteiger partial charge in [0.05, 0.1) is 6.61 Å². The van der Waals surface area contributed by atoms with Crippen LogP contribution in [0, 0.1) is 0 Å². The van der Waals surface area contributed by atoms with E-state index in [-0.39, 0.29) is 0 Å². The topological polar surface area (TPSA) is 18.5 Å². The molecule has 0 rings (SSSR count). The highest BCUT2D eigenvalue weighted by atomic mass is 28.4. The Morgan fingerprint density at radius 1 is 0.900 bits per heavy atom. The molecule has 2 nitrogen and oxygen atoms in total. The Labute approximate surface area is 126 Å². The molecule has 0 aromatic carbocycles. The van der Waals surface area contributed by atoms with Crippen LogP contribution in [-0.4, -0.2) is 14.9 Å². The van der Waals surface area contributed by atoms with E-state index in [2.05, 4.69) is 59.5 Å². The average Bonchev–Trinajstić information content (AvgIpc) is 2.26. The molecule has 0 aliphatic carbocycles. The number of rotatable bonds is 8. The van der Waals surface area contributed by atoms with Gasteiger partial charge in [0.1, 0.15) is 0 Å². The van der Waals surface area contributed by atoms with Crippen molar-refractivity contribution in [3.8, 4) is 0 Å². The summed E-state index contributed by atoms with van der Waals surface area (Å²) in [7, 11) is -1.66. The van der Waals surface area contributed by atoms with Gasteiger partial charge in [-0.3, -0.25) is 0 Å². The molecule has 0 aromatic rings. The first-order valence-corrected chi connectivity index (χ1v) is 10.9. The highest BCUT2D eigenvalue weighted by Crippen LogP contribution is 2.22. The molecule has 0 saturated heterocycles. The lowest BCUT2D eigenvalue weighted by molar-refractivity contribution is 0.106. The van der Waals surface area contributed by atoms with Crippen molar-refractivity contribution in [3.63, 3.8) is 0 Å². The molecule has 0 saturated carbocycles. The first kappa shape index (κ1) is 19.0. The van der Waals surface area contributed by atoms with Gasteiger partial charge in [0.15, 0.2) is 0 Å². The molecule has 0 aliphatic heterocycles. The van der Waals surface area contributed by atoms with Gasteiger partial charge in [0.2, 0.25) is 8.32 Å². The normalized spacial score (nSPS) is 10.6. The van der Waals surface area contributed by atoms with Gasteiger partial charge in [0.25, 0.3) is 5.95 Å². The lowest BCUT2D eigenvalue weighted by Gasteiger charge is -2.23. The van der Waals surface area contributed by atoms with Gasteiger partial charge in [0, 0.05) is 5.57 Å². The quantitative estimate of drug-likeness (QED) is 0.320. The summed E-state index contributed by atoms with van der Waals surface area (Å²) in [4.78, 5) is 0. The zero-order chi connectivity index (χ0) is 15.8. The van der Waals surface area contributed by atoms with Gasteiger partial charge in [-0.15, -0.1) is 0 Å². The summed E-state index contributed by atoms with van der Waals surface area (Å²) >= 11 is 0. The average molecular weight is 297 g/mol. The van der Waals surface area contributed by atoms with Crippen molar-refractivity contribution in [2.45, 2.75) is 67.1 Å². The Bertz CT molecular complexity index is 354. The smallest absolute Gasteiger partial charge is 0.265 e. The molecule has 3 heteroatoms. The second-order valence-corrected chi connectivity index (χ2v) is 10.9. The van der Waals surface area contributed by atoms with Crippen molar-refractivity contribution in [1.29, 1.82) is 0 Å². The van der Waals surface area contributed by atoms with Crippen molar-refractivity contribution < 1.29 is 9.16 Å². The number of hydrogen-bond donors (Lipinski definition) is 0. The fourth-order valence-corrected chi connectivity index (χ4v) is 2.28. The highest BCUT2D eigenvalue weighted by Gasteiger charge is 2.20. The van der Waals surface area contributed by atoms with Crippen LogP contribution in [0.5, 0.6) is 0 Å². The number of ether oxygens (including phenoxy) is 1. The first-order chi connectivity index (χ1) is 9.15. The predicted octanol–water partition coefficient (Wildman–Crippen LogP) is 5.80. The second kappa shape index (κ2) is 9.06. The molecule has 0 aromatic heterocycles. The number of hydrogen-bond acceptors (Lipinski definition) is 2. The Morgan fingerprint density at radius 2 is 1.35 bits per heavy atom. The minimum atomic E-state index is -1.66. The third kappa shape index (κ3) is 9.90. The summed E-state index contributed by atoms with van der Waals surface area (Å²) < 4.78 is 11.9. The van der Waals surface area contributed by atoms with E-state index in [9.17, 15) is 0 Å². The summed E-state index contributed by atoms with van der Waals surface area (Å²) in [5, 5.41) is 0. The van der Waals surface area contributed by atoms with Crippen molar-refractivity contribution >= 4 is 8.32 Å². The third-order valence-corrected chi connectivity index (χ3v) is 3.27. The Balaban J connectivity index is 5.35. The maximum absolute atomic E-state index is 6.14. The van der Waals surface area contributed by atoms with Crippen LogP contribution in [0.15, 0.2) is 34.8 Å². The fraction of sp³-hybridized carbons (Fsp3) is 0.647. The molecule has 0 heterocycles. The molecular weight excluding hydrogens is 264 g/mol. The van der Waals surface area contributed by atoms with Crippen LogP contribution < -0.4 is 0 Å². The summed E-state index contributed by atoms with van der Waals surface area (Å²) in [6, 6.07) is 0. The summed E-state index contributed by atoms with van der Waals surface area (Å²) in [5.74, 6) is 0.752. The van der Waals surface area contributed by atoms with Crippen LogP contribution in [0.3, 0.4) is 0 Å². The van der Waals surface area contributed by atoms with Crippen LogP contribution in [0.1, 0.15) is 47.5 Å². The van der Waals surface area contributed by atoms with Crippen LogP contribution in [-0.2, 0) is 9.16 Å². The maximum atomic E-state index is 6.14. The zero-order valence-electron chi connectivity index (χ0n) is 14.6. The van der Waals surface area contributed by atoms with Crippen LogP contribution in [0.25, 0.3) is 0 Å². The third-order valence-electron chi connectivity index (χ3n) is 2.48. The molecule has 0 spiro atoms. The van der Waals surface area contributed by atoms with Gasteiger partial charge >= 0.3 is 0 Å². The minimum absolute atomic E-state index is 0.646. The lowest BCUT2D eigenvalue weighted by Crippen LogP contribution is -2.26. The Hall–Kier alpha value is -0.963. The molecule has 0 unspecified atom stereocenters. The minimum Gasteiger partial charge on any atom is -0.520 e. The lowest BCUT2D eigenvalue weighted by atomic mass is 10.1. The van der Waals surface area contributed by atoms with Crippen LogP contribution >= 0.6 is 0 Å². The largest absolute Gasteiger partial charge is 0.520 e. The van der Waals surface area contributed by atoms with Gasteiger partial charge in [-0.1, -0.05) is 23.3 Å². The van der Waals surface area contributed by atoms with Crippen molar-refractivity contribution in [2.75, 3.05) is 6.61 Å². The Kier molecular flexibility index (Phi) is 8.62. The van der Waals surface area contributed by atoms with Crippen molar-refractivity contribution in [1.82, 2.24) is 0 Å². The summed E-state index contributed by atoms with van der Waals surface area (Å²) in [6.45, 7) is 17.7. The van der Waals surface area contributed by atoms with Crippen LogP contribution in [0.2, 0.25) is 19.6 Å². The monoisotopic (exact) mass is 296 g/mol. The SMILES string of the molecule is CCOC(O[Si](C)(C)C)=C(CC=C(C)C)CC=C(C)C. The van der Waals surface area contributed by atoms with E-state index in [4.69, 9.17) is 9.16 Å². The van der Waals surface area contributed by atoms with Crippen molar-refractivity contribution in [3.05, 3.63) is 34.8 Å². The number of allylic oxidation sites excluding steroid dienone is 5. The van der Waals surface area contributed by atoms with E-state index in [1.165, 1.54) is 16.7 Å². The van der Waals surface area contributed by atoms with E-state index >= 15 is 0 Å². The zero-order valence-corrected chi connectivity index (χ0v) is 15.6. The van der Waals surface area contributed by atoms with E-state index in [0.717, 1.165) is 18.8 Å². The molecule has 0 N–H and O–H groups in total. The van der Waals surface area contributed by atoms with E-state index in [1.807, 2.05) is 6.92 Å².